The molecule has 40 heavy (non-hydrogen) atoms. The van der Waals surface area contributed by atoms with Crippen LogP contribution in [0.2, 0.25) is 0 Å². The molecule has 2 fully saturated rings. The van der Waals surface area contributed by atoms with Gasteiger partial charge in [-0.15, -0.1) is 0 Å². The van der Waals surface area contributed by atoms with Gasteiger partial charge in [-0.05, 0) is 36.6 Å². The molecule has 4 aromatic carbocycles. The van der Waals surface area contributed by atoms with E-state index in [1.54, 1.807) is 0 Å². The van der Waals surface area contributed by atoms with Crippen LogP contribution in [0.4, 0.5) is 0 Å². The molecule has 1 amide bonds. The van der Waals surface area contributed by atoms with Gasteiger partial charge in [-0.3, -0.25) is 4.79 Å². The van der Waals surface area contributed by atoms with Gasteiger partial charge in [-0.1, -0.05) is 120 Å². The van der Waals surface area contributed by atoms with E-state index < -0.39 is 16.8 Å². The van der Waals surface area contributed by atoms with Crippen molar-refractivity contribution in [3.05, 3.63) is 149 Å². The van der Waals surface area contributed by atoms with E-state index in [1.807, 2.05) is 53.4 Å². The Bertz CT molecular complexity index is 1530. The maximum atomic E-state index is 14.8. The lowest BCUT2D eigenvalue weighted by molar-refractivity contribution is -0.247. The number of ether oxygens (including phenoxy) is 2. The fourth-order valence-electron chi connectivity index (χ4n) is 6.76. The Hall–Kier alpha value is -4.15. The first-order chi connectivity index (χ1) is 19.4. The second-order valence-electron chi connectivity index (χ2n) is 11.5. The molecule has 7 rings (SSSR count). The highest BCUT2D eigenvalue weighted by Gasteiger charge is 2.75. The molecule has 2 unspecified atom stereocenters. The molecule has 0 aromatic heterocycles. The largest absolute Gasteiger partial charge is 0.460 e. The highest BCUT2D eigenvalue weighted by Crippen LogP contribution is 2.66. The molecule has 0 N–H and O–H groups in total. The van der Waals surface area contributed by atoms with Crippen LogP contribution in [-0.2, 0) is 26.4 Å². The molecule has 4 nitrogen and oxygen atoms in total. The van der Waals surface area contributed by atoms with Crippen LogP contribution in [0.1, 0.15) is 46.2 Å². The van der Waals surface area contributed by atoms with E-state index in [0.29, 0.717) is 25.9 Å². The molecule has 0 aliphatic carbocycles. The van der Waals surface area contributed by atoms with Crippen LogP contribution in [0.5, 0.6) is 0 Å². The SMILES string of the molecule is Cc1ccc(C2(c3ccc(C)cc3)CC34C=C(c5ccccc5)OC3(CCN(Cc3ccccc3)C4=O)O2)cc1. The zero-order chi connectivity index (χ0) is 27.4. The van der Waals surface area contributed by atoms with E-state index >= 15 is 0 Å². The molecular formula is C36H33NO3. The standard InChI is InChI=1S/C36H33NO3/c1-26-13-17-30(18-14-26)35(31-19-15-27(2)16-20-31)25-34-23-32(29-11-7-4-8-12-29)39-36(34,40-35)21-22-37(33(34)38)24-28-9-5-3-6-10-28/h3-20,23H,21-22,24-25H2,1-2H3. The lowest BCUT2D eigenvalue weighted by atomic mass is 9.68. The van der Waals surface area contributed by atoms with Gasteiger partial charge in [0.15, 0.2) is 0 Å². The molecule has 0 radical (unpaired) electrons. The van der Waals surface area contributed by atoms with Crippen molar-refractivity contribution in [2.24, 2.45) is 5.41 Å². The van der Waals surface area contributed by atoms with E-state index in [0.717, 1.165) is 28.0 Å². The summed E-state index contributed by atoms with van der Waals surface area (Å²) in [6.07, 6.45) is 3.12. The van der Waals surface area contributed by atoms with Gasteiger partial charge in [-0.25, -0.2) is 0 Å². The van der Waals surface area contributed by atoms with E-state index in [-0.39, 0.29) is 5.91 Å². The fraction of sp³-hybridized carbons (Fsp3) is 0.250. The summed E-state index contributed by atoms with van der Waals surface area (Å²) >= 11 is 0. The number of amides is 1. The molecule has 3 heterocycles. The quantitative estimate of drug-likeness (QED) is 0.277. The first kappa shape index (κ1) is 24.9. The van der Waals surface area contributed by atoms with Gasteiger partial charge < -0.3 is 14.4 Å². The number of rotatable bonds is 5. The van der Waals surface area contributed by atoms with Gasteiger partial charge in [-0.2, -0.15) is 0 Å². The molecule has 2 atom stereocenters. The first-order valence-electron chi connectivity index (χ1n) is 14.1. The Morgan fingerprint density at radius 1 is 0.750 bits per heavy atom. The number of carbonyl (C=O) groups is 1. The van der Waals surface area contributed by atoms with Gasteiger partial charge in [0.1, 0.15) is 16.8 Å². The van der Waals surface area contributed by atoms with Crippen molar-refractivity contribution < 1.29 is 14.3 Å². The van der Waals surface area contributed by atoms with Gasteiger partial charge in [0.2, 0.25) is 11.7 Å². The van der Waals surface area contributed by atoms with Crippen LogP contribution in [0.25, 0.3) is 5.76 Å². The van der Waals surface area contributed by atoms with Crippen LogP contribution >= 0.6 is 0 Å². The van der Waals surface area contributed by atoms with E-state index in [4.69, 9.17) is 9.47 Å². The number of piperidine rings is 1. The number of hydrogen-bond donors (Lipinski definition) is 0. The summed E-state index contributed by atoms with van der Waals surface area (Å²) in [5, 5.41) is 0. The fourth-order valence-corrected chi connectivity index (χ4v) is 6.76. The minimum Gasteiger partial charge on any atom is -0.460 e. The van der Waals surface area contributed by atoms with Crippen molar-refractivity contribution in [1.82, 2.24) is 4.90 Å². The molecule has 0 spiro atoms. The summed E-state index contributed by atoms with van der Waals surface area (Å²) < 4.78 is 14.2. The summed E-state index contributed by atoms with van der Waals surface area (Å²) in [5.74, 6) is -0.315. The summed E-state index contributed by atoms with van der Waals surface area (Å²) in [6.45, 7) is 5.30. The van der Waals surface area contributed by atoms with Crippen molar-refractivity contribution in [1.29, 1.82) is 0 Å². The minimum atomic E-state index is -1.10. The highest BCUT2D eigenvalue weighted by molar-refractivity contribution is 5.91. The minimum absolute atomic E-state index is 0.0645. The van der Waals surface area contributed by atoms with E-state index in [1.165, 1.54) is 11.1 Å². The third kappa shape index (κ3) is 3.74. The topological polar surface area (TPSA) is 38.8 Å². The number of likely N-dealkylation sites (tertiary alicyclic amines) is 1. The van der Waals surface area contributed by atoms with E-state index in [9.17, 15) is 4.79 Å². The highest BCUT2D eigenvalue weighted by atomic mass is 16.7. The molecule has 4 heteroatoms. The Morgan fingerprint density at radius 3 is 1.93 bits per heavy atom. The van der Waals surface area contributed by atoms with E-state index in [2.05, 4.69) is 80.6 Å². The molecule has 4 aromatic rings. The Labute approximate surface area is 235 Å². The normalized spacial score (nSPS) is 24.7. The van der Waals surface area contributed by atoms with Crippen LogP contribution in [0.15, 0.2) is 115 Å². The van der Waals surface area contributed by atoms with Gasteiger partial charge in [0.05, 0.1) is 0 Å². The van der Waals surface area contributed by atoms with Crippen LogP contribution < -0.4 is 0 Å². The second-order valence-corrected chi connectivity index (χ2v) is 11.5. The van der Waals surface area contributed by atoms with Crippen molar-refractivity contribution in [2.45, 2.75) is 44.6 Å². The maximum Gasteiger partial charge on any atom is 0.239 e. The maximum absolute atomic E-state index is 14.8. The molecule has 3 aliphatic heterocycles. The summed E-state index contributed by atoms with van der Waals surface area (Å²) in [7, 11) is 0. The van der Waals surface area contributed by atoms with Crippen molar-refractivity contribution in [3.63, 3.8) is 0 Å². The molecule has 2 saturated heterocycles. The second kappa shape index (κ2) is 9.21. The Kier molecular flexibility index (Phi) is 5.72. The zero-order valence-electron chi connectivity index (χ0n) is 23.0. The number of aryl methyl sites for hydroxylation is 2. The average molecular weight is 528 g/mol. The van der Waals surface area contributed by atoms with Gasteiger partial charge >= 0.3 is 0 Å². The predicted molar refractivity (Wildman–Crippen MR) is 156 cm³/mol. The summed E-state index contributed by atoms with van der Waals surface area (Å²) in [4.78, 5) is 16.8. The average Bonchev–Trinajstić information content (AvgIpc) is 3.47. The third-order valence-corrected chi connectivity index (χ3v) is 8.89. The van der Waals surface area contributed by atoms with Crippen molar-refractivity contribution >= 4 is 11.7 Å². The molecule has 200 valence electrons. The van der Waals surface area contributed by atoms with Crippen molar-refractivity contribution in [3.8, 4) is 0 Å². The lowest BCUT2D eigenvalue weighted by Gasteiger charge is -2.44. The lowest BCUT2D eigenvalue weighted by Crippen LogP contribution is -2.59. The predicted octanol–water partition coefficient (Wildman–Crippen LogP) is 7.15. The molecule has 0 bridgehead atoms. The summed E-state index contributed by atoms with van der Waals surface area (Å²) in [5.41, 5.74) is 4.72. The van der Waals surface area contributed by atoms with Crippen LogP contribution in [0.3, 0.4) is 0 Å². The zero-order valence-corrected chi connectivity index (χ0v) is 23.0. The monoisotopic (exact) mass is 527 g/mol. The van der Waals surface area contributed by atoms with Gasteiger partial charge in [0, 0.05) is 31.5 Å². The number of hydrogen-bond acceptors (Lipinski definition) is 3. The molecule has 0 saturated carbocycles. The molecular weight excluding hydrogens is 494 g/mol. The number of nitrogens with zero attached hydrogens (tertiary/aromatic N) is 1. The number of carbonyl (C=O) groups excluding carboxylic acids is 1. The number of benzene rings is 4. The Morgan fingerprint density at radius 2 is 1.32 bits per heavy atom. The molecule has 3 aliphatic rings. The van der Waals surface area contributed by atoms with Crippen molar-refractivity contribution in [2.75, 3.05) is 6.54 Å². The van der Waals surface area contributed by atoms with Gasteiger partial charge in [0.25, 0.3) is 0 Å². The smallest absolute Gasteiger partial charge is 0.239 e. The Balaban J connectivity index is 1.40. The summed E-state index contributed by atoms with van der Waals surface area (Å²) in [6, 6.07) is 37.3. The van der Waals surface area contributed by atoms with Crippen LogP contribution in [0, 0.1) is 19.3 Å². The first-order valence-corrected chi connectivity index (χ1v) is 14.1. The third-order valence-electron chi connectivity index (χ3n) is 8.89. The van der Waals surface area contributed by atoms with Crippen LogP contribution in [-0.4, -0.2) is 23.1 Å².